The Hall–Kier alpha value is -6.74. The van der Waals surface area contributed by atoms with Gasteiger partial charge < -0.3 is 111 Å². The largest absolute Gasteiger partial charge is 0.394 e. The quantitative estimate of drug-likeness (QED) is 0.0183. The van der Waals surface area contributed by atoms with Crippen molar-refractivity contribution in [2.75, 3.05) is 303 Å². The number of carbonyl (C=O) groups is 2. The number of Topliss-reactive ketones (excluding diaryl/α,β-unsaturated/α-hetero) is 1. The minimum Gasteiger partial charge on any atom is -0.394 e. The zero-order chi connectivity index (χ0) is 77.4. The highest BCUT2D eigenvalue weighted by Crippen LogP contribution is 2.15. The fourth-order valence-corrected chi connectivity index (χ4v) is 7.96. The number of amides is 1. The van der Waals surface area contributed by atoms with Crippen LogP contribution < -0.4 is 11.1 Å². The van der Waals surface area contributed by atoms with E-state index in [0.717, 1.165) is 5.56 Å². The number of hydrogen-bond donors (Lipinski definition) is 4. The number of nitrogens with two attached hydrogens (primary N) is 1. The van der Waals surface area contributed by atoms with Crippen LogP contribution in [0, 0.1) is 44.0 Å². The monoisotopic (exact) mass is 1520 g/mol. The maximum atomic E-state index is 12.4. The van der Waals surface area contributed by atoms with Gasteiger partial charge in [0, 0.05) is 65.0 Å². The van der Waals surface area contributed by atoms with Crippen molar-refractivity contribution in [3.8, 4) is 37.0 Å². The van der Waals surface area contributed by atoms with Crippen molar-refractivity contribution in [2.24, 2.45) is 21.1 Å². The molecule has 0 aromatic heterocycles. The number of aliphatic hydroxyl groups is 2. The van der Waals surface area contributed by atoms with Crippen molar-refractivity contribution in [3.05, 3.63) is 96.5 Å². The van der Waals surface area contributed by atoms with Crippen LogP contribution in [0.4, 0.5) is 0 Å². The van der Waals surface area contributed by atoms with Gasteiger partial charge in [0.05, 0.1) is 255 Å². The molecule has 0 atom stereocenters. The summed E-state index contributed by atoms with van der Waals surface area (Å²) in [6, 6.07) is 12.7. The number of benzene rings is 2. The van der Waals surface area contributed by atoms with Crippen LogP contribution in [0.15, 0.2) is 68.8 Å². The lowest BCUT2D eigenvalue weighted by atomic mass is 10.1. The SMILES string of the molecule is C#CCOCCOCCOCCN.C#CCOCCOCCOCCN=[N+]=[N-].C#CCOCCOCCOCCNC(=O)c1ccc(C(=O)CCS(=O)(=O)c2ccc(C)cc2)cc1.[N-]=[N+]=NCCOCCOCCOCCOCCOCCO.[N-]=[N+]=NCCOCCOCCOCCOCCOCCO. The molecule has 0 bridgehead atoms. The lowest BCUT2D eigenvalue weighted by molar-refractivity contribution is -0.0128. The standard InChI is InChI=1S/C26H31NO7S.2C12H25N3O6.C9H15N3O3.C9H17NO3/c1-3-14-32-16-18-34-19-17-33-15-13-27-26(29)23-8-6-22(7-9-23)25(28)12-20-35(30,31)24-10-4-21(2)5-11-24;2*13-15-14-1-3-17-5-7-19-9-11-21-12-10-20-8-6-18-4-2-16;1-2-4-13-6-8-15-9-7-14-5-3-11-12-10;1-2-4-11-6-8-13-9-7-12-5-3-10/h1,4-11H,12-20H2,2H3,(H,27,29);2*16H,1-12H2;1H,3-9H2;1H,3-10H2. The van der Waals surface area contributed by atoms with Gasteiger partial charge in [-0.05, 0) is 47.8 Å². The van der Waals surface area contributed by atoms with Crippen LogP contribution in [0.3, 0.4) is 0 Å². The van der Waals surface area contributed by atoms with E-state index < -0.39 is 9.84 Å². The Labute approximate surface area is 618 Å². The molecule has 36 nitrogen and oxygen atoms in total. The third-order valence-corrected chi connectivity index (χ3v) is 13.4. The number of sulfone groups is 1. The summed E-state index contributed by atoms with van der Waals surface area (Å²) in [5.41, 5.74) is 31.0. The molecule has 1 amide bonds. The minimum absolute atomic E-state index is 0.0297. The van der Waals surface area contributed by atoms with E-state index in [1.807, 2.05) is 6.92 Å². The number of ether oxygens (including phenoxy) is 19. The number of ketones is 1. The second kappa shape index (κ2) is 87.9. The topological polar surface area (TPSA) is 468 Å². The van der Waals surface area contributed by atoms with Crippen molar-refractivity contribution in [1.29, 1.82) is 0 Å². The van der Waals surface area contributed by atoms with Gasteiger partial charge in [0.15, 0.2) is 15.6 Å². The summed E-state index contributed by atoms with van der Waals surface area (Å²) in [4.78, 5) is 32.7. The average Bonchev–Trinajstić information content (AvgIpc) is 0.848. The summed E-state index contributed by atoms with van der Waals surface area (Å²) in [6.07, 6.45) is 14.9. The first-order chi connectivity index (χ1) is 51.5. The zero-order valence-electron chi connectivity index (χ0n) is 60.9. The van der Waals surface area contributed by atoms with Crippen molar-refractivity contribution < 1.29 is 118 Å². The normalized spacial score (nSPS) is 10.4. The summed E-state index contributed by atoms with van der Waals surface area (Å²) < 4.78 is 123. The van der Waals surface area contributed by atoms with Crippen molar-refractivity contribution >= 4 is 21.5 Å². The number of carbonyl (C=O) groups excluding carboxylic acids is 2. The molecule has 0 aliphatic heterocycles. The Balaban J connectivity index is -0.00000130. The van der Waals surface area contributed by atoms with E-state index in [4.69, 9.17) is 142 Å². The predicted octanol–water partition coefficient (Wildman–Crippen LogP) is 3.81. The first kappa shape index (κ1) is 102. The van der Waals surface area contributed by atoms with Gasteiger partial charge in [-0.25, -0.2) is 8.42 Å². The van der Waals surface area contributed by atoms with E-state index in [-0.39, 0.29) is 48.6 Å². The summed E-state index contributed by atoms with van der Waals surface area (Å²) in [5, 5.41) is 29.7. The maximum absolute atomic E-state index is 12.4. The van der Waals surface area contributed by atoms with E-state index in [1.54, 1.807) is 24.3 Å². The first-order valence-electron chi connectivity index (χ1n) is 33.9. The molecular weight excluding hydrogens is 1400 g/mol. The zero-order valence-corrected chi connectivity index (χ0v) is 61.7. The third-order valence-electron chi connectivity index (χ3n) is 11.7. The molecule has 0 heterocycles. The summed E-state index contributed by atoms with van der Waals surface area (Å²) in [5.74, 6) is 6.22. The highest BCUT2D eigenvalue weighted by molar-refractivity contribution is 7.91. The Bertz CT molecular complexity index is 2620. The molecule has 37 heteroatoms. The van der Waals surface area contributed by atoms with Crippen LogP contribution in [-0.2, 0) is 99.8 Å². The summed E-state index contributed by atoms with van der Waals surface area (Å²) >= 11 is 0. The van der Waals surface area contributed by atoms with Gasteiger partial charge in [0.2, 0.25) is 0 Å². The number of terminal acetylenes is 3. The van der Waals surface area contributed by atoms with Crippen molar-refractivity contribution in [1.82, 2.24) is 5.32 Å². The van der Waals surface area contributed by atoms with Crippen LogP contribution in [0.25, 0.3) is 31.3 Å². The number of nitrogens with one attached hydrogen (secondary N) is 1. The maximum Gasteiger partial charge on any atom is 0.251 e. The fourth-order valence-electron chi connectivity index (χ4n) is 6.72. The molecular formula is C68H113N11O25S. The second-order valence-electron chi connectivity index (χ2n) is 19.8. The highest BCUT2D eigenvalue weighted by atomic mass is 32.2. The molecule has 2 rings (SSSR count). The Morgan fingerprint density at radius 1 is 0.410 bits per heavy atom. The van der Waals surface area contributed by atoms with Crippen LogP contribution in [0.1, 0.15) is 32.7 Å². The number of aryl methyl sites for hydroxylation is 1. The molecule has 0 aliphatic carbocycles. The molecule has 5 N–H and O–H groups in total. The number of hydrogen-bond acceptors (Lipinski definition) is 29. The lowest BCUT2D eigenvalue weighted by Gasteiger charge is -2.08. The van der Waals surface area contributed by atoms with Gasteiger partial charge in [-0.2, -0.15) is 0 Å². The van der Waals surface area contributed by atoms with Crippen LogP contribution in [0.2, 0.25) is 0 Å². The molecule has 596 valence electrons. The van der Waals surface area contributed by atoms with E-state index in [0.29, 0.717) is 288 Å². The summed E-state index contributed by atoms with van der Waals surface area (Å²) in [7, 11) is -3.54. The van der Waals surface area contributed by atoms with E-state index in [9.17, 15) is 18.0 Å². The predicted molar refractivity (Wildman–Crippen MR) is 388 cm³/mol. The van der Waals surface area contributed by atoms with Crippen LogP contribution in [0.5, 0.6) is 0 Å². The fraction of sp³-hybridized carbons (Fsp3) is 0.706. The first-order valence-corrected chi connectivity index (χ1v) is 35.6. The van der Waals surface area contributed by atoms with Gasteiger partial charge in [-0.1, -0.05) is 62.9 Å². The molecule has 0 fully saturated rings. The van der Waals surface area contributed by atoms with Gasteiger partial charge in [0.25, 0.3) is 5.91 Å². The van der Waals surface area contributed by atoms with Gasteiger partial charge in [0.1, 0.15) is 19.8 Å². The van der Waals surface area contributed by atoms with Gasteiger partial charge in [-0.15, -0.1) is 19.3 Å². The minimum atomic E-state index is -3.54. The van der Waals surface area contributed by atoms with Crippen LogP contribution in [-0.4, -0.2) is 333 Å². The molecule has 0 spiro atoms. The number of rotatable bonds is 69. The Morgan fingerprint density at radius 2 is 0.676 bits per heavy atom. The smallest absolute Gasteiger partial charge is 0.251 e. The highest BCUT2D eigenvalue weighted by Gasteiger charge is 2.18. The van der Waals surface area contributed by atoms with E-state index in [2.05, 4.69) is 53.2 Å². The summed E-state index contributed by atoms with van der Waals surface area (Å²) in [6.45, 7) is 21.3. The number of aliphatic hydroxyl groups excluding tert-OH is 2. The molecule has 2 aromatic rings. The molecule has 0 saturated heterocycles. The van der Waals surface area contributed by atoms with E-state index >= 15 is 0 Å². The van der Waals surface area contributed by atoms with Crippen LogP contribution >= 0.6 is 0 Å². The number of azide groups is 3. The number of nitrogens with zero attached hydrogens (tertiary/aromatic N) is 9. The molecule has 0 saturated carbocycles. The molecule has 2 aromatic carbocycles. The third kappa shape index (κ3) is 81.2. The van der Waals surface area contributed by atoms with E-state index in [1.165, 1.54) is 24.3 Å². The van der Waals surface area contributed by atoms with Crippen molar-refractivity contribution in [2.45, 2.75) is 18.2 Å². The molecule has 105 heavy (non-hydrogen) atoms. The lowest BCUT2D eigenvalue weighted by Crippen LogP contribution is -2.27. The Kier molecular flexibility index (Phi) is 85.7. The average molecular weight is 1520 g/mol. The molecule has 0 unspecified atom stereocenters. The van der Waals surface area contributed by atoms with Gasteiger partial charge >= 0.3 is 0 Å². The molecule has 0 radical (unpaired) electrons. The van der Waals surface area contributed by atoms with Crippen molar-refractivity contribution in [3.63, 3.8) is 0 Å². The van der Waals surface area contributed by atoms with Gasteiger partial charge in [-0.3, -0.25) is 9.59 Å². The molecule has 0 aliphatic rings. The Morgan fingerprint density at radius 3 is 0.962 bits per heavy atom. The second-order valence-corrected chi connectivity index (χ2v) is 21.9.